The van der Waals surface area contributed by atoms with Gasteiger partial charge in [-0.15, -0.1) is 0 Å². The molecule has 358 valence electrons. The molecule has 5 aromatic rings. The van der Waals surface area contributed by atoms with Crippen LogP contribution in [0.4, 0.5) is 23.0 Å². The van der Waals surface area contributed by atoms with E-state index >= 15 is 0 Å². The number of amides is 1. The number of nitrogens with one attached hydrogen (secondary N) is 3. The van der Waals surface area contributed by atoms with Crippen molar-refractivity contribution in [2.24, 2.45) is 5.92 Å². The minimum Gasteiger partial charge on any atom is -0.480 e. The summed E-state index contributed by atoms with van der Waals surface area (Å²) < 4.78 is 31.8. The number of carbonyl (C=O) groups excluding carboxylic acids is 1. The van der Waals surface area contributed by atoms with E-state index in [4.69, 9.17) is 21.7 Å². The lowest BCUT2D eigenvalue weighted by Crippen LogP contribution is -2.41. The highest BCUT2D eigenvalue weighted by atomic mass is 35.5. The number of hydrogen-bond acceptors (Lipinski definition) is 11. The zero-order chi connectivity index (χ0) is 47.3. The maximum absolute atomic E-state index is 13.2. The minimum atomic E-state index is -3.68. The number of pyridine rings is 3. The van der Waals surface area contributed by atoms with Gasteiger partial charge in [-0.1, -0.05) is 75.8 Å². The quantitative estimate of drug-likeness (QED) is 0.0454. The smallest absolute Gasteiger partial charge is 0.323 e. The van der Waals surface area contributed by atoms with Crippen LogP contribution in [0.15, 0.2) is 81.7 Å². The molecule has 1 aromatic carbocycles. The summed E-state index contributed by atoms with van der Waals surface area (Å²) in [7, 11) is -3.68. The van der Waals surface area contributed by atoms with Gasteiger partial charge in [-0.2, -0.15) is 4.98 Å². The number of unbranched alkanes of at least 4 members (excludes halogenated alkanes) is 9. The van der Waals surface area contributed by atoms with Gasteiger partial charge in [-0.25, -0.2) is 18.1 Å². The van der Waals surface area contributed by atoms with Gasteiger partial charge in [0.25, 0.3) is 11.1 Å². The van der Waals surface area contributed by atoms with Gasteiger partial charge in [-0.3, -0.25) is 28.7 Å². The van der Waals surface area contributed by atoms with E-state index in [1.807, 2.05) is 19.3 Å². The van der Waals surface area contributed by atoms with Crippen LogP contribution in [-0.2, 0) is 32.6 Å². The molecule has 16 nitrogen and oxygen atoms in total. The topological polar surface area (TPSA) is 211 Å². The first kappa shape index (κ1) is 49.3. The molecule has 67 heavy (non-hydrogen) atoms. The van der Waals surface area contributed by atoms with Crippen molar-refractivity contribution < 1.29 is 23.1 Å². The normalized spacial score (nSPS) is 15.6. The van der Waals surface area contributed by atoms with E-state index < -0.39 is 28.1 Å². The fraction of sp³-hybridized carbons (Fsp3) is 0.490. The molecule has 1 saturated heterocycles. The molecule has 18 heteroatoms. The Balaban J connectivity index is 0.749. The molecule has 1 aliphatic carbocycles. The maximum Gasteiger partial charge on any atom is 0.323 e. The first-order valence-corrected chi connectivity index (χ1v) is 25.6. The Hall–Kier alpha value is -5.65. The second-order valence-corrected chi connectivity index (χ2v) is 20.1. The number of piperidine rings is 1. The van der Waals surface area contributed by atoms with E-state index in [0.29, 0.717) is 41.4 Å². The number of aliphatic carboxylic acids is 1. The molecular formula is C49H62ClN9O7S. The highest BCUT2D eigenvalue weighted by molar-refractivity contribution is 7.89. The van der Waals surface area contributed by atoms with Gasteiger partial charge in [0.05, 0.1) is 28.4 Å². The van der Waals surface area contributed by atoms with Crippen molar-refractivity contribution in [3.8, 4) is 0 Å². The molecule has 2 fully saturated rings. The van der Waals surface area contributed by atoms with E-state index in [1.165, 1.54) is 49.6 Å². The molecule has 0 radical (unpaired) electrons. The summed E-state index contributed by atoms with van der Waals surface area (Å²) in [5.41, 5.74) is 3.81. The van der Waals surface area contributed by atoms with Crippen LogP contribution in [0.1, 0.15) is 120 Å². The van der Waals surface area contributed by atoms with Crippen molar-refractivity contribution in [1.29, 1.82) is 0 Å². The summed E-state index contributed by atoms with van der Waals surface area (Å²) in [5, 5.41) is 16.0. The number of fused-ring (bicyclic) bond motifs is 1. The summed E-state index contributed by atoms with van der Waals surface area (Å²) in [6.45, 7) is 3.13. The van der Waals surface area contributed by atoms with Gasteiger partial charge in [0.1, 0.15) is 17.2 Å². The number of anilines is 4. The van der Waals surface area contributed by atoms with E-state index in [2.05, 4.69) is 36.3 Å². The fourth-order valence-electron chi connectivity index (χ4n) is 9.20. The molecular weight excluding hydrogens is 894 g/mol. The zero-order valence-electron chi connectivity index (χ0n) is 38.2. The number of nitrogens with zero attached hydrogens (tertiary/aromatic N) is 6. The number of carboxylic acid groups (broad SMARTS) is 1. The van der Waals surface area contributed by atoms with Gasteiger partial charge < -0.3 is 25.2 Å². The molecule has 2 aliphatic rings. The van der Waals surface area contributed by atoms with Crippen molar-refractivity contribution in [3.63, 3.8) is 0 Å². The first-order chi connectivity index (χ1) is 32.3. The SMILES string of the molecule is Cc1cc(S(=O)(=O)NCCCCCCCCCCCCc2cncc(N3CCC[C@H](C(=O)Nc4ccc(=O)n(CC(=O)O)c4)C3)c2)ccc1Nc1ncc2cc(Cl)c(=O)n(C3CCCC3)c2n1. The third-order valence-corrected chi connectivity index (χ3v) is 14.6. The van der Waals surface area contributed by atoms with E-state index in [9.17, 15) is 27.6 Å². The Bertz CT molecular complexity index is 2760. The van der Waals surface area contributed by atoms with Crippen LogP contribution in [0, 0.1) is 12.8 Å². The molecule has 0 spiro atoms. The van der Waals surface area contributed by atoms with Crippen LogP contribution in [0.5, 0.6) is 0 Å². The number of carbonyl (C=O) groups is 2. The maximum atomic E-state index is 13.2. The molecule has 4 aromatic heterocycles. The summed E-state index contributed by atoms with van der Waals surface area (Å²) >= 11 is 6.28. The summed E-state index contributed by atoms with van der Waals surface area (Å²) in [5.74, 6) is -1.23. The van der Waals surface area contributed by atoms with Crippen LogP contribution >= 0.6 is 11.6 Å². The van der Waals surface area contributed by atoms with Crippen LogP contribution < -0.4 is 31.4 Å². The second kappa shape index (κ2) is 23.4. The summed E-state index contributed by atoms with van der Waals surface area (Å²) in [6, 6.07) is 11.5. The Morgan fingerprint density at radius 3 is 2.33 bits per heavy atom. The van der Waals surface area contributed by atoms with Crippen LogP contribution in [-0.4, -0.2) is 69.1 Å². The minimum absolute atomic E-state index is 0.0462. The number of aryl methyl sites for hydroxylation is 2. The fourth-order valence-corrected chi connectivity index (χ4v) is 10.6. The molecule has 5 heterocycles. The molecule has 1 atom stereocenters. The van der Waals surface area contributed by atoms with Crippen molar-refractivity contribution in [1.82, 2.24) is 28.8 Å². The number of aromatic nitrogens is 5. The van der Waals surface area contributed by atoms with Gasteiger partial charge in [0, 0.05) is 61.4 Å². The number of hydrogen-bond donors (Lipinski definition) is 4. The van der Waals surface area contributed by atoms with Crippen molar-refractivity contribution >= 4 is 67.5 Å². The zero-order valence-corrected chi connectivity index (χ0v) is 39.8. The molecule has 1 saturated carbocycles. The number of halogens is 1. The molecule has 0 unspecified atom stereocenters. The lowest BCUT2D eigenvalue weighted by atomic mass is 9.96. The Labute approximate surface area is 396 Å². The average molecular weight is 957 g/mol. The van der Waals surface area contributed by atoms with Gasteiger partial charge in [0.15, 0.2) is 0 Å². The number of rotatable bonds is 23. The van der Waals surface area contributed by atoms with E-state index in [-0.39, 0.29) is 33.3 Å². The highest BCUT2D eigenvalue weighted by Gasteiger charge is 2.27. The third-order valence-electron chi connectivity index (χ3n) is 12.9. The third kappa shape index (κ3) is 13.5. The molecule has 7 rings (SSSR count). The standard InChI is InChI=1S/C49H62ClN9O7S/c1-34-25-41(20-21-43(34)55-49-52-29-37-27-42(50)48(64)59(46(37)56-49)39-17-11-12-18-39)67(65,66)53-23-13-9-7-5-3-2-4-6-8-10-15-35-26-40(30-51-28-35)57-24-14-16-36(31-57)47(63)54-38-19-22-44(60)58(32-38)33-45(61)62/h19-22,25-30,32,36,39,53H,2-18,23-24,31,33H2,1H3,(H,54,63)(H,61,62)(H,52,55,56)/t36-/m0/s1. The van der Waals surface area contributed by atoms with Crippen LogP contribution in [0.25, 0.3) is 11.0 Å². The van der Waals surface area contributed by atoms with E-state index in [0.717, 1.165) is 106 Å². The Kier molecular flexibility index (Phi) is 17.2. The lowest BCUT2D eigenvalue weighted by Gasteiger charge is -2.33. The molecule has 1 aliphatic heterocycles. The van der Waals surface area contributed by atoms with Crippen LogP contribution in [0.2, 0.25) is 5.02 Å². The van der Waals surface area contributed by atoms with Crippen molar-refractivity contribution in [2.45, 2.75) is 134 Å². The molecule has 4 N–H and O–H groups in total. The molecule has 0 bridgehead atoms. The van der Waals surface area contributed by atoms with Crippen LogP contribution in [0.3, 0.4) is 0 Å². The molecule has 1 amide bonds. The monoisotopic (exact) mass is 955 g/mol. The lowest BCUT2D eigenvalue weighted by molar-refractivity contribution is -0.137. The number of carboxylic acids is 1. The predicted molar refractivity (Wildman–Crippen MR) is 262 cm³/mol. The van der Waals surface area contributed by atoms with Gasteiger partial charge in [0.2, 0.25) is 21.9 Å². The largest absolute Gasteiger partial charge is 0.480 e. The van der Waals surface area contributed by atoms with Gasteiger partial charge >= 0.3 is 5.97 Å². The number of benzene rings is 1. The highest BCUT2D eigenvalue weighted by Crippen LogP contribution is 2.32. The van der Waals surface area contributed by atoms with Crippen molar-refractivity contribution in [2.75, 3.05) is 35.2 Å². The summed E-state index contributed by atoms with van der Waals surface area (Å²) in [4.78, 5) is 65.3. The van der Waals surface area contributed by atoms with Gasteiger partial charge in [-0.05, 0) is 99.4 Å². The predicted octanol–water partition coefficient (Wildman–Crippen LogP) is 8.53. The Morgan fingerprint density at radius 2 is 1.60 bits per heavy atom. The number of sulfonamides is 1. The second-order valence-electron chi connectivity index (χ2n) is 18.0. The van der Waals surface area contributed by atoms with Crippen molar-refractivity contribution in [3.05, 3.63) is 104 Å². The Morgan fingerprint density at radius 1 is 0.866 bits per heavy atom. The summed E-state index contributed by atoms with van der Waals surface area (Å²) in [6.07, 6.45) is 24.1. The first-order valence-electron chi connectivity index (χ1n) is 23.7. The average Bonchev–Trinajstić information content (AvgIpc) is 3.85. The van der Waals surface area contributed by atoms with E-state index in [1.54, 1.807) is 35.0 Å².